The number of aromatic nitrogens is 6. The van der Waals surface area contributed by atoms with Crippen LogP contribution in [-0.4, -0.2) is 29.5 Å². The lowest BCUT2D eigenvalue weighted by atomic mass is 10.1. The number of rotatable bonds is 6. The molecule has 0 fully saturated rings. The number of fused-ring (bicyclic) bond motifs is 1. The van der Waals surface area contributed by atoms with E-state index in [9.17, 15) is 0 Å². The maximum absolute atomic E-state index is 5.87. The van der Waals surface area contributed by atoms with Gasteiger partial charge in [0.25, 0.3) is 0 Å². The number of hydrogen-bond donors (Lipinski definition) is 3. The lowest BCUT2D eigenvalue weighted by Gasteiger charge is -2.09. The maximum Gasteiger partial charge on any atom is 0.223 e. The summed E-state index contributed by atoms with van der Waals surface area (Å²) < 4.78 is 2.06. The van der Waals surface area contributed by atoms with Crippen LogP contribution in [0.2, 0.25) is 0 Å². The standard InChI is InChI=1S/C25H26N8/c1-15-4-6-19(7-5-15)23-24(33-11-9-18(13-26)12-22(33)30-23)21-8-10-27-25(29-21)28-14-20-16(2)31-32-17(20)3/h4-12H,13-14,26H2,1-3H3,(H,31,32)(H,27,28,29). The van der Waals surface area contributed by atoms with E-state index in [0.29, 0.717) is 19.0 Å². The van der Waals surface area contributed by atoms with Gasteiger partial charge in [-0.1, -0.05) is 29.8 Å². The molecule has 1 aromatic carbocycles. The molecule has 0 atom stereocenters. The van der Waals surface area contributed by atoms with Crippen LogP contribution in [0.4, 0.5) is 5.95 Å². The summed E-state index contributed by atoms with van der Waals surface area (Å²) in [5.74, 6) is 0.552. The molecular formula is C25H26N8. The van der Waals surface area contributed by atoms with Crippen molar-refractivity contribution in [3.05, 3.63) is 82.9 Å². The Kier molecular flexibility index (Phi) is 5.35. The number of aryl methyl sites for hydroxylation is 3. The third-order valence-corrected chi connectivity index (χ3v) is 5.85. The second-order valence-electron chi connectivity index (χ2n) is 8.17. The van der Waals surface area contributed by atoms with Gasteiger partial charge in [0.2, 0.25) is 5.95 Å². The Bertz CT molecular complexity index is 1410. The number of pyridine rings is 1. The number of imidazole rings is 1. The van der Waals surface area contributed by atoms with Crippen molar-refractivity contribution >= 4 is 11.6 Å². The summed E-state index contributed by atoms with van der Waals surface area (Å²) in [5, 5.41) is 10.6. The molecule has 166 valence electrons. The lowest BCUT2D eigenvalue weighted by Crippen LogP contribution is -2.06. The van der Waals surface area contributed by atoms with E-state index in [1.54, 1.807) is 6.20 Å². The van der Waals surface area contributed by atoms with Crippen LogP contribution in [0, 0.1) is 20.8 Å². The summed E-state index contributed by atoms with van der Waals surface area (Å²) in [7, 11) is 0. The highest BCUT2D eigenvalue weighted by atomic mass is 15.1. The number of hydrogen-bond acceptors (Lipinski definition) is 6. The molecule has 5 aromatic rings. The van der Waals surface area contributed by atoms with Crippen LogP contribution in [0.15, 0.2) is 54.9 Å². The van der Waals surface area contributed by atoms with Crippen molar-refractivity contribution in [3.63, 3.8) is 0 Å². The van der Waals surface area contributed by atoms with Crippen LogP contribution in [0.1, 0.15) is 28.1 Å². The van der Waals surface area contributed by atoms with Crippen LogP contribution in [0.5, 0.6) is 0 Å². The van der Waals surface area contributed by atoms with Gasteiger partial charge in [-0.2, -0.15) is 5.10 Å². The summed E-state index contributed by atoms with van der Waals surface area (Å²) in [6.07, 6.45) is 3.78. The topological polar surface area (TPSA) is 110 Å². The molecule has 0 aliphatic heterocycles. The summed E-state index contributed by atoms with van der Waals surface area (Å²) in [6, 6.07) is 14.3. The molecule has 0 aliphatic rings. The molecule has 8 nitrogen and oxygen atoms in total. The van der Waals surface area contributed by atoms with Crippen molar-refractivity contribution in [1.29, 1.82) is 0 Å². The minimum Gasteiger partial charge on any atom is -0.350 e. The van der Waals surface area contributed by atoms with Gasteiger partial charge in [-0.05, 0) is 44.5 Å². The maximum atomic E-state index is 5.87. The summed E-state index contributed by atoms with van der Waals surface area (Å²) in [6.45, 7) is 7.13. The Balaban J connectivity index is 1.59. The molecule has 0 saturated heterocycles. The molecule has 0 amide bonds. The molecule has 33 heavy (non-hydrogen) atoms. The van der Waals surface area contributed by atoms with E-state index in [1.165, 1.54) is 5.56 Å². The van der Waals surface area contributed by atoms with Crippen molar-refractivity contribution in [3.8, 4) is 22.6 Å². The van der Waals surface area contributed by atoms with Gasteiger partial charge in [0, 0.05) is 42.3 Å². The third kappa shape index (κ3) is 3.96. The summed E-state index contributed by atoms with van der Waals surface area (Å²) >= 11 is 0. The SMILES string of the molecule is Cc1ccc(-c2nc3cc(CN)ccn3c2-c2ccnc(NCc3c(C)n[nH]c3C)n2)cc1. The van der Waals surface area contributed by atoms with Crippen molar-refractivity contribution in [2.75, 3.05) is 5.32 Å². The quantitative estimate of drug-likeness (QED) is 0.367. The largest absolute Gasteiger partial charge is 0.350 e. The van der Waals surface area contributed by atoms with E-state index >= 15 is 0 Å². The van der Waals surface area contributed by atoms with Gasteiger partial charge < -0.3 is 11.1 Å². The molecule has 4 heterocycles. The van der Waals surface area contributed by atoms with Crippen LogP contribution in [0.25, 0.3) is 28.3 Å². The van der Waals surface area contributed by atoms with Gasteiger partial charge in [-0.25, -0.2) is 15.0 Å². The van der Waals surface area contributed by atoms with E-state index < -0.39 is 0 Å². The molecule has 4 N–H and O–H groups in total. The molecule has 0 saturated carbocycles. The van der Waals surface area contributed by atoms with Gasteiger partial charge in [-0.3, -0.25) is 9.50 Å². The Morgan fingerprint density at radius 3 is 2.58 bits per heavy atom. The van der Waals surface area contributed by atoms with E-state index in [-0.39, 0.29) is 0 Å². The van der Waals surface area contributed by atoms with Gasteiger partial charge in [0.15, 0.2) is 0 Å². The number of H-pyrrole nitrogens is 1. The van der Waals surface area contributed by atoms with Gasteiger partial charge in [0.05, 0.1) is 22.8 Å². The normalized spacial score (nSPS) is 11.3. The van der Waals surface area contributed by atoms with Gasteiger partial charge in [0.1, 0.15) is 5.65 Å². The Morgan fingerprint density at radius 1 is 1.03 bits per heavy atom. The Morgan fingerprint density at radius 2 is 1.85 bits per heavy atom. The number of anilines is 1. The first kappa shape index (κ1) is 20.8. The highest BCUT2D eigenvalue weighted by molar-refractivity contribution is 5.81. The first-order valence-electron chi connectivity index (χ1n) is 10.9. The smallest absolute Gasteiger partial charge is 0.223 e. The lowest BCUT2D eigenvalue weighted by molar-refractivity contribution is 1.02. The van der Waals surface area contributed by atoms with E-state index in [1.807, 2.05) is 38.2 Å². The van der Waals surface area contributed by atoms with Crippen LogP contribution in [-0.2, 0) is 13.1 Å². The van der Waals surface area contributed by atoms with Crippen LogP contribution < -0.4 is 11.1 Å². The predicted molar refractivity (Wildman–Crippen MR) is 130 cm³/mol. The number of nitrogens with two attached hydrogens (primary N) is 1. The highest BCUT2D eigenvalue weighted by Gasteiger charge is 2.18. The fourth-order valence-electron chi connectivity index (χ4n) is 3.95. The van der Waals surface area contributed by atoms with Crippen molar-refractivity contribution in [2.24, 2.45) is 5.73 Å². The molecule has 4 aromatic heterocycles. The number of aromatic amines is 1. The summed E-state index contributed by atoms with van der Waals surface area (Å²) in [4.78, 5) is 14.2. The molecule has 0 radical (unpaired) electrons. The first-order chi connectivity index (χ1) is 16.0. The minimum absolute atomic E-state index is 0.465. The molecule has 0 bridgehead atoms. The number of benzene rings is 1. The van der Waals surface area contributed by atoms with E-state index in [2.05, 4.69) is 56.1 Å². The summed E-state index contributed by atoms with van der Waals surface area (Å²) in [5.41, 5.74) is 15.7. The zero-order valence-electron chi connectivity index (χ0n) is 18.9. The molecule has 0 unspecified atom stereocenters. The van der Waals surface area contributed by atoms with Crippen molar-refractivity contribution in [2.45, 2.75) is 33.9 Å². The van der Waals surface area contributed by atoms with Crippen molar-refractivity contribution < 1.29 is 0 Å². The molecule has 5 rings (SSSR count). The Labute approximate surface area is 191 Å². The highest BCUT2D eigenvalue weighted by Crippen LogP contribution is 2.32. The molecule has 0 spiro atoms. The van der Waals surface area contributed by atoms with Gasteiger partial charge in [-0.15, -0.1) is 0 Å². The average Bonchev–Trinajstić information content (AvgIpc) is 3.37. The van der Waals surface area contributed by atoms with E-state index in [0.717, 1.165) is 50.8 Å². The van der Waals surface area contributed by atoms with Gasteiger partial charge >= 0.3 is 0 Å². The molecule has 8 heteroatoms. The third-order valence-electron chi connectivity index (χ3n) is 5.85. The minimum atomic E-state index is 0.465. The predicted octanol–water partition coefficient (Wildman–Crippen LogP) is 4.18. The Hall–Kier alpha value is -4.04. The zero-order valence-corrected chi connectivity index (χ0v) is 18.9. The average molecular weight is 439 g/mol. The monoisotopic (exact) mass is 438 g/mol. The van der Waals surface area contributed by atoms with Crippen LogP contribution in [0.3, 0.4) is 0 Å². The second kappa shape index (κ2) is 8.48. The second-order valence-corrected chi connectivity index (χ2v) is 8.17. The van der Waals surface area contributed by atoms with Crippen LogP contribution >= 0.6 is 0 Å². The van der Waals surface area contributed by atoms with E-state index in [4.69, 9.17) is 15.7 Å². The number of nitrogens with one attached hydrogen (secondary N) is 2. The van der Waals surface area contributed by atoms with Crippen molar-refractivity contribution in [1.82, 2.24) is 29.5 Å². The zero-order chi connectivity index (χ0) is 22.9. The fourth-order valence-corrected chi connectivity index (χ4v) is 3.95. The first-order valence-corrected chi connectivity index (χ1v) is 10.9. The number of nitrogens with zero attached hydrogens (tertiary/aromatic N) is 5. The molecular weight excluding hydrogens is 412 g/mol. The fraction of sp³-hybridized carbons (Fsp3) is 0.200. The molecule has 0 aliphatic carbocycles.